The fourth-order valence-corrected chi connectivity index (χ4v) is 7.11. The van der Waals surface area contributed by atoms with Crippen molar-refractivity contribution in [2.24, 2.45) is 0 Å². The minimum Gasteiger partial charge on any atom is -0.336 e. The zero-order valence-corrected chi connectivity index (χ0v) is 20.7. The lowest BCUT2D eigenvalue weighted by Gasteiger charge is -2.38. The average molecular weight is 540 g/mol. The van der Waals surface area contributed by atoms with Crippen LogP contribution in [0.3, 0.4) is 0 Å². The molecular formula is C22H20BrClN2O3S2. The maximum absolute atomic E-state index is 13.1. The van der Waals surface area contributed by atoms with Crippen molar-refractivity contribution in [1.29, 1.82) is 0 Å². The van der Waals surface area contributed by atoms with E-state index in [0.29, 0.717) is 26.5 Å². The average Bonchev–Trinajstić information content (AvgIpc) is 3.21. The third kappa shape index (κ3) is 4.44. The Labute approximate surface area is 199 Å². The van der Waals surface area contributed by atoms with Gasteiger partial charge in [0.05, 0.1) is 10.8 Å². The van der Waals surface area contributed by atoms with E-state index in [2.05, 4.69) is 20.9 Å². The van der Waals surface area contributed by atoms with E-state index in [1.54, 1.807) is 36.2 Å². The highest BCUT2D eigenvalue weighted by molar-refractivity contribution is 9.10. The van der Waals surface area contributed by atoms with Gasteiger partial charge in [0.25, 0.3) is 5.91 Å². The molecule has 0 bridgehead atoms. The summed E-state index contributed by atoms with van der Waals surface area (Å²) in [6.45, 7) is 1.87. The van der Waals surface area contributed by atoms with Gasteiger partial charge >= 0.3 is 0 Å². The molecule has 1 aromatic heterocycles. The molecule has 2 heterocycles. The molecule has 0 spiro atoms. The number of carbonyl (C=O) groups excluding carboxylic acids is 1. The smallest absolute Gasteiger partial charge is 0.253 e. The molecule has 1 aliphatic rings. The molecule has 2 aromatic carbocycles. The van der Waals surface area contributed by atoms with Crippen molar-refractivity contribution >= 4 is 54.6 Å². The fraction of sp³-hybridized carbons (Fsp3) is 0.273. The van der Waals surface area contributed by atoms with E-state index >= 15 is 0 Å². The first-order chi connectivity index (χ1) is 14.7. The topological polar surface area (TPSA) is 67.3 Å². The second-order valence-corrected chi connectivity index (χ2v) is 12.6. The van der Waals surface area contributed by atoms with Gasteiger partial charge in [-0.3, -0.25) is 4.79 Å². The Morgan fingerprint density at radius 1 is 1.26 bits per heavy atom. The fourth-order valence-electron chi connectivity index (χ4n) is 3.61. The lowest BCUT2D eigenvalue weighted by molar-refractivity contribution is 0.0739. The Kier molecular flexibility index (Phi) is 6.27. The minimum atomic E-state index is -3.48. The van der Waals surface area contributed by atoms with Gasteiger partial charge in [0.1, 0.15) is 9.75 Å². The Balaban J connectivity index is 1.61. The molecule has 0 radical (unpaired) electrons. The normalized spacial score (nSPS) is 20.5. The first kappa shape index (κ1) is 22.5. The molecule has 0 N–H and O–H groups in total. The summed E-state index contributed by atoms with van der Waals surface area (Å²) in [5.41, 5.74) is 1.57. The molecule has 5 nitrogen and oxygen atoms in total. The first-order valence-electron chi connectivity index (χ1n) is 9.65. The Hall–Kier alpha value is -1.74. The van der Waals surface area contributed by atoms with E-state index in [1.165, 1.54) is 11.3 Å². The maximum atomic E-state index is 13.1. The molecule has 1 saturated heterocycles. The van der Waals surface area contributed by atoms with Crippen LogP contribution in [0.2, 0.25) is 5.02 Å². The van der Waals surface area contributed by atoms with Crippen LogP contribution in [0, 0.1) is 0 Å². The molecule has 0 aliphatic carbocycles. The van der Waals surface area contributed by atoms with Crippen LogP contribution in [0.15, 0.2) is 59.2 Å². The SMILES string of the molecule is C[C@]1(c2ncc(Cc3ccccc3)s2)CN(C(=O)c2ccc(Br)c(Cl)c2)CCS1(=O)=O. The summed E-state index contributed by atoms with van der Waals surface area (Å²) in [5, 5.41) is 0.952. The molecule has 31 heavy (non-hydrogen) atoms. The summed E-state index contributed by atoms with van der Waals surface area (Å²) in [4.78, 5) is 20.1. The molecule has 3 aromatic rings. The number of hydrogen-bond donors (Lipinski definition) is 0. The number of nitrogens with zero attached hydrogens (tertiary/aromatic N) is 2. The van der Waals surface area contributed by atoms with E-state index in [1.807, 2.05) is 30.3 Å². The number of sulfone groups is 1. The zero-order chi connectivity index (χ0) is 22.2. The first-order valence-corrected chi connectivity index (χ1v) is 13.3. The Morgan fingerprint density at radius 2 is 2.00 bits per heavy atom. The van der Waals surface area contributed by atoms with Gasteiger partial charge in [0, 0.05) is 40.6 Å². The van der Waals surface area contributed by atoms with Gasteiger partial charge in [-0.25, -0.2) is 13.4 Å². The molecule has 0 unspecified atom stereocenters. The number of hydrogen-bond acceptors (Lipinski definition) is 5. The number of benzene rings is 2. The largest absolute Gasteiger partial charge is 0.336 e. The van der Waals surface area contributed by atoms with E-state index in [9.17, 15) is 13.2 Å². The molecule has 1 aliphatic heterocycles. The van der Waals surface area contributed by atoms with Gasteiger partial charge in [0.2, 0.25) is 0 Å². The summed E-state index contributed by atoms with van der Waals surface area (Å²) < 4.78 is 25.6. The van der Waals surface area contributed by atoms with Crippen LogP contribution >= 0.6 is 38.9 Å². The number of halogens is 2. The third-order valence-electron chi connectivity index (χ3n) is 5.49. The van der Waals surface area contributed by atoms with Crippen LogP contribution in [0.5, 0.6) is 0 Å². The maximum Gasteiger partial charge on any atom is 0.253 e. The van der Waals surface area contributed by atoms with Crippen molar-refractivity contribution in [2.75, 3.05) is 18.8 Å². The standard InChI is InChI=1S/C22H20BrClN2O3S2/c1-22(21-25-13-17(30-21)11-15-5-3-2-4-6-15)14-26(9-10-31(22,28)29)20(27)16-7-8-18(23)19(24)12-16/h2-8,12-13H,9-11,14H2,1H3/t22-/m1/s1. The molecule has 4 rings (SSSR count). The van der Waals surface area contributed by atoms with Crippen LogP contribution in [-0.2, 0) is 21.0 Å². The van der Waals surface area contributed by atoms with Gasteiger partial charge in [-0.2, -0.15) is 0 Å². The quantitative estimate of drug-likeness (QED) is 0.471. The van der Waals surface area contributed by atoms with Gasteiger partial charge in [-0.05, 0) is 46.6 Å². The molecule has 1 amide bonds. The molecular weight excluding hydrogens is 520 g/mol. The number of thiazole rings is 1. The monoisotopic (exact) mass is 538 g/mol. The Morgan fingerprint density at radius 3 is 2.71 bits per heavy atom. The van der Waals surface area contributed by atoms with E-state index in [4.69, 9.17) is 11.6 Å². The van der Waals surface area contributed by atoms with Crippen LogP contribution in [-0.4, -0.2) is 43.1 Å². The summed E-state index contributed by atoms with van der Waals surface area (Å²) in [5.74, 6) is -0.343. The van der Waals surface area contributed by atoms with Gasteiger partial charge in [-0.1, -0.05) is 41.9 Å². The summed E-state index contributed by atoms with van der Waals surface area (Å²) in [7, 11) is -3.48. The lowest BCUT2D eigenvalue weighted by atomic mass is 10.1. The van der Waals surface area contributed by atoms with Crippen molar-refractivity contribution in [3.8, 4) is 0 Å². The van der Waals surface area contributed by atoms with Gasteiger partial charge in [0.15, 0.2) is 9.84 Å². The van der Waals surface area contributed by atoms with Crippen molar-refractivity contribution in [1.82, 2.24) is 9.88 Å². The summed E-state index contributed by atoms with van der Waals surface area (Å²) in [6.07, 6.45) is 2.43. The minimum absolute atomic E-state index is 0.0557. The van der Waals surface area contributed by atoms with Crippen LogP contribution in [0.1, 0.15) is 32.7 Å². The predicted molar refractivity (Wildman–Crippen MR) is 128 cm³/mol. The highest BCUT2D eigenvalue weighted by atomic mass is 79.9. The molecule has 162 valence electrons. The van der Waals surface area contributed by atoms with E-state index in [0.717, 1.165) is 10.4 Å². The second-order valence-electron chi connectivity index (χ2n) is 7.70. The van der Waals surface area contributed by atoms with Crippen LogP contribution in [0.4, 0.5) is 0 Å². The molecule has 1 fully saturated rings. The summed E-state index contributed by atoms with van der Waals surface area (Å²) in [6, 6.07) is 15.0. The lowest BCUT2D eigenvalue weighted by Crippen LogP contribution is -2.54. The predicted octanol–water partition coefficient (Wildman–Crippen LogP) is 4.94. The number of amides is 1. The molecule has 9 heteroatoms. The molecule has 1 atom stereocenters. The number of carbonyl (C=O) groups is 1. The van der Waals surface area contributed by atoms with Crippen LogP contribution < -0.4 is 0 Å². The van der Waals surface area contributed by atoms with Crippen molar-refractivity contribution in [3.05, 3.63) is 85.2 Å². The third-order valence-corrected chi connectivity index (χ3v) is 10.5. The zero-order valence-electron chi connectivity index (χ0n) is 16.7. The second kappa shape index (κ2) is 8.65. The Bertz CT molecular complexity index is 1230. The summed E-state index contributed by atoms with van der Waals surface area (Å²) >= 11 is 10.9. The van der Waals surface area contributed by atoms with E-state index in [-0.39, 0.29) is 24.7 Å². The molecule has 0 saturated carbocycles. The van der Waals surface area contributed by atoms with Crippen molar-refractivity contribution in [3.63, 3.8) is 0 Å². The number of aromatic nitrogens is 1. The van der Waals surface area contributed by atoms with Crippen molar-refractivity contribution in [2.45, 2.75) is 18.1 Å². The van der Waals surface area contributed by atoms with Crippen LogP contribution in [0.25, 0.3) is 0 Å². The highest BCUT2D eigenvalue weighted by Gasteiger charge is 2.48. The van der Waals surface area contributed by atoms with Crippen molar-refractivity contribution < 1.29 is 13.2 Å². The number of rotatable bonds is 4. The van der Waals surface area contributed by atoms with Gasteiger partial charge < -0.3 is 4.90 Å². The van der Waals surface area contributed by atoms with E-state index < -0.39 is 14.6 Å². The highest BCUT2D eigenvalue weighted by Crippen LogP contribution is 2.38. The van der Waals surface area contributed by atoms with Gasteiger partial charge in [-0.15, -0.1) is 11.3 Å².